The highest BCUT2D eigenvalue weighted by molar-refractivity contribution is 6.02. The zero-order chi connectivity index (χ0) is 18.7. The minimum Gasteiger partial charge on any atom is -0.491 e. The van der Waals surface area contributed by atoms with Gasteiger partial charge in [0.2, 0.25) is 0 Å². The lowest BCUT2D eigenvalue weighted by atomic mass is 9.89. The second-order valence-corrected chi connectivity index (χ2v) is 7.03. The summed E-state index contributed by atoms with van der Waals surface area (Å²) in [5.74, 6) is 0.935. The van der Waals surface area contributed by atoms with Crippen LogP contribution in [0.2, 0.25) is 0 Å². The predicted molar refractivity (Wildman–Crippen MR) is 106 cm³/mol. The number of hydrogen-bond donors (Lipinski definition) is 1. The van der Waals surface area contributed by atoms with Crippen LogP contribution in [0.15, 0.2) is 48.5 Å². The minimum atomic E-state index is -0.544. The number of benzene rings is 2. The summed E-state index contributed by atoms with van der Waals surface area (Å²) < 4.78 is 5.77. The predicted octanol–water partition coefficient (Wildman–Crippen LogP) is 5.01. The van der Waals surface area contributed by atoms with Crippen LogP contribution in [0, 0.1) is 0 Å². The lowest BCUT2D eigenvalue weighted by molar-refractivity contribution is 0.0483. The quantitative estimate of drug-likeness (QED) is 0.794. The number of anilines is 1. The number of ether oxygens (including phenoxy) is 1. The molecule has 1 aliphatic heterocycles. The minimum absolute atomic E-state index is 0.0885. The summed E-state index contributed by atoms with van der Waals surface area (Å²) in [6, 6.07) is 15.9. The van der Waals surface area contributed by atoms with E-state index in [2.05, 4.69) is 31.3 Å². The second-order valence-electron chi connectivity index (χ2n) is 7.03. The fraction of sp³-hybridized carbons (Fsp3) is 0.409. The topological polar surface area (TPSA) is 41.6 Å². The molecule has 1 unspecified atom stereocenters. The molecule has 0 radical (unpaired) electrons. The first kappa shape index (κ1) is 18.3. The maximum atomic E-state index is 13.2. The fourth-order valence-electron chi connectivity index (χ4n) is 3.70. The Morgan fingerprint density at radius 2 is 1.77 bits per heavy atom. The van der Waals surface area contributed by atoms with Crippen LogP contribution in [0.4, 0.5) is 5.69 Å². The molecule has 1 atom stereocenters. The molecule has 0 spiro atoms. The van der Waals surface area contributed by atoms with E-state index in [1.54, 1.807) is 0 Å². The highest BCUT2D eigenvalue weighted by Crippen LogP contribution is 2.40. The molecule has 138 valence electrons. The Morgan fingerprint density at radius 1 is 1.08 bits per heavy atom. The molecule has 0 saturated heterocycles. The third-order valence-electron chi connectivity index (χ3n) is 4.87. The molecule has 0 aromatic heterocycles. The van der Waals surface area contributed by atoms with Gasteiger partial charge in [-0.3, -0.25) is 4.79 Å². The van der Waals surface area contributed by atoms with Crippen LogP contribution in [-0.4, -0.2) is 23.5 Å². The zero-order valence-electron chi connectivity index (χ0n) is 16.1. The lowest BCUT2D eigenvalue weighted by Crippen LogP contribution is -2.57. The molecular weight excluding hydrogens is 324 g/mol. The van der Waals surface area contributed by atoms with Gasteiger partial charge in [0, 0.05) is 12.2 Å². The molecule has 26 heavy (non-hydrogen) atoms. The van der Waals surface area contributed by atoms with E-state index in [0.717, 1.165) is 35.4 Å². The van der Waals surface area contributed by atoms with Gasteiger partial charge >= 0.3 is 0 Å². The number of amides is 1. The van der Waals surface area contributed by atoms with Crippen LogP contribution < -0.4 is 10.1 Å². The molecule has 1 amide bonds. The van der Waals surface area contributed by atoms with Crippen molar-refractivity contribution in [2.75, 3.05) is 11.9 Å². The van der Waals surface area contributed by atoms with Gasteiger partial charge in [0.15, 0.2) is 0 Å². The number of para-hydroxylation sites is 1. The Hall–Kier alpha value is -2.49. The Labute approximate surface area is 156 Å². The molecule has 0 aliphatic carbocycles. The summed E-state index contributed by atoms with van der Waals surface area (Å²) >= 11 is 0. The number of nitrogens with one attached hydrogen (secondary N) is 1. The molecule has 2 aromatic carbocycles. The van der Waals surface area contributed by atoms with Crippen molar-refractivity contribution in [2.24, 2.45) is 0 Å². The summed E-state index contributed by atoms with van der Waals surface area (Å²) in [7, 11) is 0. The molecule has 1 N–H and O–H groups in total. The Bertz CT molecular complexity index is 770. The van der Waals surface area contributed by atoms with Crippen molar-refractivity contribution in [1.82, 2.24) is 4.90 Å². The largest absolute Gasteiger partial charge is 0.491 e. The summed E-state index contributed by atoms with van der Waals surface area (Å²) in [6.45, 7) is 8.97. The second kappa shape index (κ2) is 7.40. The number of fused-ring (bicyclic) bond motifs is 1. The van der Waals surface area contributed by atoms with Crippen LogP contribution in [0.1, 0.15) is 56.5 Å². The number of carbonyl (C=O) groups is 1. The number of nitrogens with zero attached hydrogens (tertiary/aromatic N) is 1. The fourth-order valence-corrected chi connectivity index (χ4v) is 3.70. The molecular formula is C22H28N2O2. The van der Waals surface area contributed by atoms with Crippen molar-refractivity contribution in [3.05, 3.63) is 59.7 Å². The van der Waals surface area contributed by atoms with Gasteiger partial charge in [-0.25, -0.2) is 0 Å². The first-order valence-electron chi connectivity index (χ1n) is 9.48. The van der Waals surface area contributed by atoms with E-state index in [1.807, 2.05) is 55.1 Å². The monoisotopic (exact) mass is 352 g/mol. The molecule has 3 rings (SSSR count). The third kappa shape index (κ3) is 3.16. The van der Waals surface area contributed by atoms with E-state index in [0.29, 0.717) is 6.54 Å². The van der Waals surface area contributed by atoms with Gasteiger partial charge < -0.3 is 15.0 Å². The Kier molecular flexibility index (Phi) is 5.21. The normalized spacial score (nSPS) is 19.3. The molecule has 0 fully saturated rings. The summed E-state index contributed by atoms with van der Waals surface area (Å²) in [4.78, 5) is 15.2. The van der Waals surface area contributed by atoms with Crippen LogP contribution in [-0.2, 0) is 5.66 Å². The molecule has 4 heteroatoms. The number of hydrogen-bond acceptors (Lipinski definition) is 3. The summed E-state index contributed by atoms with van der Waals surface area (Å²) in [5, 5.41) is 3.67. The van der Waals surface area contributed by atoms with Crippen LogP contribution in [0.3, 0.4) is 0 Å². The zero-order valence-corrected chi connectivity index (χ0v) is 16.1. The van der Waals surface area contributed by atoms with E-state index < -0.39 is 5.66 Å². The smallest absolute Gasteiger partial charge is 0.258 e. The van der Waals surface area contributed by atoms with Gasteiger partial charge in [-0.05, 0) is 56.5 Å². The maximum absolute atomic E-state index is 13.2. The van der Waals surface area contributed by atoms with Crippen molar-refractivity contribution in [3.8, 4) is 5.75 Å². The van der Waals surface area contributed by atoms with Crippen molar-refractivity contribution >= 4 is 11.6 Å². The van der Waals surface area contributed by atoms with E-state index >= 15 is 0 Å². The van der Waals surface area contributed by atoms with Gasteiger partial charge in [0.25, 0.3) is 5.91 Å². The molecule has 2 aromatic rings. The summed E-state index contributed by atoms with van der Waals surface area (Å²) in [5.41, 5.74) is 2.17. The lowest BCUT2D eigenvalue weighted by Gasteiger charge is -2.48. The Balaban J connectivity index is 2.06. The van der Waals surface area contributed by atoms with Gasteiger partial charge in [-0.1, -0.05) is 38.1 Å². The van der Waals surface area contributed by atoms with E-state index in [1.165, 1.54) is 0 Å². The highest BCUT2D eigenvalue weighted by Gasteiger charge is 2.44. The third-order valence-corrected chi connectivity index (χ3v) is 4.87. The first-order chi connectivity index (χ1) is 12.5. The van der Waals surface area contributed by atoms with Gasteiger partial charge in [-0.2, -0.15) is 0 Å². The van der Waals surface area contributed by atoms with E-state index in [9.17, 15) is 4.79 Å². The van der Waals surface area contributed by atoms with Gasteiger partial charge in [0.05, 0.1) is 11.7 Å². The van der Waals surface area contributed by atoms with Crippen molar-refractivity contribution < 1.29 is 9.53 Å². The van der Waals surface area contributed by atoms with E-state index in [-0.39, 0.29) is 12.0 Å². The average Bonchev–Trinajstić information content (AvgIpc) is 2.64. The van der Waals surface area contributed by atoms with Gasteiger partial charge in [0.1, 0.15) is 11.4 Å². The molecule has 0 saturated carbocycles. The first-order valence-corrected chi connectivity index (χ1v) is 9.48. The number of carbonyl (C=O) groups excluding carboxylic acids is 1. The molecule has 1 aliphatic rings. The van der Waals surface area contributed by atoms with Crippen molar-refractivity contribution in [2.45, 2.75) is 52.3 Å². The maximum Gasteiger partial charge on any atom is 0.258 e. The Morgan fingerprint density at radius 3 is 2.38 bits per heavy atom. The van der Waals surface area contributed by atoms with E-state index in [4.69, 9.17) is 4.74 Å². The number of rotatable bonds is 6. The molecule has 0 bridgehead atoms. The molecule has 1 heterocycles. The average molecular weight is 352 g/mol. The van der Waals surface area contributed by atoms with Crippen LogP contribution in [0.25, 0.3) is 0 Å². The van der Waals surface area contributed by atoms with Crippen LogP contribution in [0.5, 0.6) is 5.75 Å². The van der Waals surface area contributed by atoms with Crippen LogP contribution >= 0.6 is 0 Å². The van der Waals surface area contributed by atoms with Crippen molar-refractivity contribution in [1.29, 1.82) is 0 Å². The van der Waals surface area contributed by atoms with Gasteiger partial charge in [-0.15, -0.1) is 0 Å². The summed E-state index contributed by atoms with van der Waals surface area (Å²) in [6.07, 6.45) is 1.82. The van der Waals surface area contributed by atoms with Crippen molar-refractivity contribution in [3.63, 3.8) is 0 Å². The molecule has 4 nitrogen and oxygen atoms in total. The highest BCUT2D eigenvalue weighted by atomic mass is 16.5. The SMILES string of the molecule is CCCN1C(=O)c2ccccc2NC1(CC)c1ccc(OC(C)C)cc1. The standard InChI is InChI=1S/C22H28N2O2/c1-5-15-24-21(25)19-9-7-8-10-20(19)23-22(24,6-2)17-11-13-18(14-12-17)26-16(3)4/h7-14,16,23H,5-6,15H2,1-4H3.